The molecule has 2 aromatic carbocycles. The van der Waals surface area contributed by atoms with E-state index in [-0.39, 0.29) is 12.5 Å². The van der Waals surface area contributed by atoms with E-state index in [0.717, 1.165) is 23.5 Å². The molecule has 3 aromatic rings. The van der Waals surface area contributed by atoms with Crippen LogP contribution in [-0.4, -0.2) is 29.9 Å². The first kappa shape index (κ1) is 21.2. The molecule has 2 heterocycles. The summed E-state index contributed by atoms with van der Waals surface area (Å²) in [5.74, 6) is -1.22. The molecule has 1 N–H and O–H groups in total. The van der Waals surface area contributed by atoms with E-state index in [1.54, 1.807) is 6.92 Å². The summed E-state index contributed by atoms with van der Waals surface area (Å²) in [7, 11) is 0. The minimum absolute atomic E-state index is 0.259. The summed E-state index contributed by atoms with van der Waals surface area (Å²) in [6, 6.07) is 15.6. The zero-order valence-corrected chi connectivity index (χ0v) is 18.0. The molecule has 1 aliphatic rings. The summed E-state index contributed by atoms with van der Waals surface area (Å²) >= 11 is 1.41. The zero-order chi connectivity index (χ0) is 21.8. The van der Waals surface area contributed by atoms with Crippen LogP contribution in [0, 0.1) is 5.82 Å². The van der Waals surface area contributed by atoms with E-state index in [9.17, 15) is 14.0 Å². The maximum Gasteiger partial charge on any atom is 0.341 e. The van der Waals surface area contributed by atoms with Crippen molar-refractivity contribution in [2.45, 2.75) is 26.4 Å². The van der Waals surface area contributed by atoms with E-state index in [0.29, 0.717) is 29.1 Å². The van der Waals surface area contributed by atoms with Crippen molar-refractivity contribution >= 4 is 28.2 Å². The van der Waals surface area contributed by atoms with Crippen LogP contribution in [0.5, 0.6) is 0 Å². The second-order valence-corrected chi connectivity index (χ2v) is 8.44. The van der Waals surface area contributed by atoms with Gasteiger partial charge in [-0.3, -0.25) is 9.69 Å². The Hall–Kier alpha value is -3.03. The Labute approximate surface area is 184 Å². The number of benzene rings is 2. The molecular formula is C24H23FN2O3S. The predicted molar refractivity (Wildman–Crippen MR) is 119 cm³/mol. The molecule has 0 saturated carbocycles. The Balaban J connectivity index is 1.59. The van der Waals surface area contributed by atoms with Gasteiger partial charge in [0.2, 0.25) is 0 Å². The quantitative estimate of drug-likeness (QED) is 0.558. The van der Waals surface area contributed by atoms with Crippen LogP contribution < -0.4 is 5.32 Å². The van der Waals surface area contributed by atoms with E-state index in [2.05, 4.69) is 22.3 Å². The Kier molecular flexibility index (Phi) is 6.44. The number of thiophene rings is 1. The highest BCUT2D eigenvalue weighted by Gasteiger charge is 2.29. The molecule has 160 valence electrons. The van der Waals surface area contributed by atoms with Gasteiger partial charge in [0.05, 0.1) is 12.2 Å². The smallest absolute Gasteiger partial charge is 0.341 e. The summed E-state index contributed by atoms with van der Waals surface area (Å²) in [6.45, 7) is 4.36. The van der Waals surface area contributed by atoms with Gasteiger partial charge >= 0.3 is 5.97 Å². The van der Waals surface area contributed by atoms with Crippen molar-refractivity contribution in [1.29, 1.82) is 0 Å². The number of anilines is 1. The fourth-order valence-corrected chi connectivity index (χ4v) is 4.99. The van der Waals surface area contributed by atoms with E-state index in [4.69, 9.17) is 4.74 Å². The Morgan fingerprint density at radius 1 is 1.13 bits per heavy atom. The van der Waals surface area contributed by atoms with Crippen LogP contribution in [-0.2, 0) is 24.2 Å². The molecule has 0 spiro atoms. The Morgan fingerprint density at radius 3 is 2.58 bits per heavy atom. The molecule has 0 aliphatic carbocycles. The molecule has 0 fully saturated rings. The normalized spacial score (nSPS) is 13.5. The summed E-state index contributed by atoms with van der Waals surface area (Å²) in [5, 5.41) is 3.33. The van der Waals surface area contributed by atoms with Gasteiger partial charge in [0.25, 0.3) is 5.91 Å². The highest BCUT2D eigenvalue weighted by atomic mass is 32.1. The average Bonchev–Trinajstić information content (AvgIpc) is 3.12. The molecule has 1 aromatic heterocycles. The number of esters is 1. The van der Waals surface area contributed by atoms with Gasteiger partial charge in [-0.2, -0.15) is 0 Å². The third-order valence-corrected chi connectivity index (χ3v) is 6.33. The number of hydrogen-bond donors (Lipinski definition) is 1. The lowest BCUT2D eigenvalue weighted by Crippen LogP contribution is -2.29. The minimum Gasteiger partial charge on any atom is -0.462 e. The van der Waals surface area contributed by atoms with E-state index in [1.165, 1.54) is 41.2 Å². The molecule has 0 bridgehead atoms. The number of fused-ring (bicyclic) bond motifs is 1. The molecule has 0 saturated heterocycles. The standard InChI is InChI=1S/C24H23FN2O3S/c1-2-30-24(29)21-19-12-13-27(14-16-6-4-3-5-7-16)15-20(19)31-23(21)26-22(28)17-8-10-18(25)11-9-17/h3-11H,2,12-15H2,1H3,(H,26,28). The topological polar surface area (TPSA) is 58.6 Å². The molecule has 5 nitrogen and oxygen atoms in total. The monoisotopic (exact) mass is 438 g/mol. The van der Waals surface area contributed by atoms with Crippen LogP contribution in [0.25, 0.3) is 0 Å². The van der Waals surface area contributed by atoms with Gasteiger partial charge < -0.3 is 10.1 Å². The molecular weight excluding hydrogens is 415 g/mol. The molecule has 1 aliphatic heterocycles. The van der Waals surface area contributed by atoms with Crippen molar-refractivity contribution in [2.24, 2.45) is 0 Å². The third-order valence-electron chi connectivity index (χ3n) is 5.20. The van der Waals surface area contributed by atoms with Crippen molar-refractivity contribution in [2.75, 3.05) is 18.5 Å². The van der Waals surface area contributed by atoms with E-state index < -0.39 is 11.8 Å². The lowest BCUT2D eigenvalue weighted by Gasteiger charge is -2.27. The number of amides is 1. The Morgan fingerprint density at radius 2 is 1.87 bits per heavy atom. The van der Waals surface area contributed by atoms with Crippen molar-refractivity contribution in [1.82, 2.24) is 4.90 Å². The summed E-state index contributed by atoms with van der Waals surface area (Å²) in [4.78, 5) is 28.8. The van der Waals surface area contributed by atoms with Gasteiger partial charge in [0.15, 0.2) is 0 Å². The summed E-state index contributed by atoms with van der Waals surface area (Å²) in [5.41, 5.74) is 2.95. The number of nitrogens with one attached hydrogen (secondary N) is 1. The number of rotatable bonds is 6. The van der Waals surface area contributed by atoms with Crippen molar-refractivity contribution in [3.63, 3.8) is 0 Å². The Bertz CT molecular complexity index is 1080. The fraction of sp³-hybridized carbons (Fsp3) is 0.250. The number of carbonyl (C=O) groups is 2. The van der Waals surface area contributed by atoms with Crippen LogP contribution in [0.2, 0.25) is 0 Å². The molecule has 0 radical (unpaired) electrons. The largest absolute Gasteiger partial charge is 0.462 e. The average molecular weight is 439 g/mol. The maximum absolute atomic E-state index is 13.2. The highest BCUT2D eigenvalue weighted by molar-refractivity contribution is 7.17. The van der Waals surface area contributed by atoms with Crippen molar-refractivity contribution < 1.29 is 18.7 Å². The first-order valence-electron chi connectivity index (χ1n) is 10.2. The fourth-order valence-electron chi connectivity index (χ4n) is 3.72. The van der Waals surface area contributed by atoms with Gasteiger partial charge in [0.1, 0.15) is 10.8 Å². The lowest BCUT2D eigenvalue weighted by molar-refractivity contribution is 0.0526. The SMILES string of the molecule is CCOC(=O)c1c(NC(=O)c2ccc(F)cc2)sc2c1CCN(Cc1ccccc1)C2. The third kappa shape index (κ3) is 4.84. The molecule has 0 atom stereocenters. The van der Waals surface area contributed by atoms with Crippen LogP contribution in [0.15, 0.2) is 54.6 Å². The van der Waals surface area contributed by atoms with Crippen LogP contribution in [0.1, 0.15) is 43.6 Å². The van der Waals surface area contributed by atoms with Crippen molar-refractivity contribution in [3.05, 3.63) is 87.5 Å². The van der Waals surface area contributed by atoms with Crippen LogP contribution in [0.3, 0.4) is 0 Å². The number of carbonyl (C=O) groups excluding carboxylic acids is 2. The number of ether oxygens (including phenoxy) is 1. The van der Waals surface area contributed by atoms with Crippen LogP contribution in [0.4, 0.5) is 9.39 Å². The van der Waals surface area contributed by atoms with Gasteiger partial charge in [-0.15, -0.1) is 11.3 Å². The number of hydrogen-bond acceptors (Lipinski definition) is 5. The van der Waals surface area contributed by atoms with Gasteiger partial charge in [-0.1, -0.05) is 30.3 Å². The molecule has 0 unspecified atom stereocenters. The molecule has 7 heteroatoms. The molecule has 4 rings (SSSR count). The maximum atomic E-state index is 13.2. The lowest BCUT2D eigenvalue weighted by atomic mass is 10.0. The predicted octanol–water partition coefficient (Wildman–Crippen LogP) is 4.87. The highest BCUT2D eigenvalue weighted by Crippen LogP contribution is 2.38. The van der Waals surface area contributed by atoms with E-state index in [1.807, 2.05) is 18.2 Å². The van der Waals surface area contributed by atoms with Crippen LogP contribution >= 0.6 is 11.3 Å². The first-order chi connectivity index (χ1) is 15.0. The molecule has 31 heavy (non-hydrogen) atoms. The van der Waals surface area contributed by atoms with Gasteiger partial charge in [-0.05, 0) is 48.7 Å². The zero-order valence-electron chi connectivity index (χ0n) is 17.2. The van der Waals surface area contributed by atoms with Crippen molar-refractivity contribution in [3.8, 4) is 0 Å². The first-order valence-corrected chi connectivity index (χ1v) is 11.0. The number of nitrogens with zero attached hydrogens (tertiary/aromatic N) is 1. The minimum atomic E-state index is -0.425. The van der Waals surface area contributed by atoms with Gasteiger partial charge in [-0.25, -0.2) is 9.18 Å². The summed E-state index contributed by atoms with van der Waals surface area (Å²) < 4.78 is 18.5. The van der Waals surface area contributed by atoms with Gasteiger partial charge in [0, 0.05) is 30.1 Å². The summed E-state index contributed by atoms with van der Waals surface area (Å²) in [6.07, 6.45) is 0.708. The van der Waals surface area contributed by atoms with E-state index >= 15 is 0 Å². The molecule has 1 amide bonds. The number of halogens is 1. The second-order valence-electron chi connectivity index (χ2n) is 7.34. The second kappa shape index (κ2) is 9.41.